The van der Waals surface area contributed by atoms with Crippen LogP contribution in [0.15, 0.2) is 12.2 Å². The number of carbonyl (C=O) groups is 2. The lowest BCUT2D eigenvalue weighted by molar-refractivity contribution is -0.141. The van der Waals surface area contributed by atoms with Crippen LogP contribution in [0.25, 0.3) is 0 Å². The molecule has 24 heavy (non-hydrogen) atoms. The van der Waals surface area contributed by atoms with Crippen molar-refractivity contribution in [2.24, 2.45) is 35.5 Å². The van der Waals surface area contributed by atoms with Crippen molar-refractivity contribution >= 4 is 11.8 Å². The van der Waals surface area contributed by atoms with Crippen LogP contribution in [0.2, 0.25) is 0 Å². The first kappa shape index (κ1) is 17.7. The number of hydrogen-bond acceptors (Lipinski definition) is 2. The summed E-state index contributed by atoms with van der Waals surface area (Å²) < 4.78 is 0. The molecule has 2 fully saturated rings. The van der Waals surface area contributed by atoms with E-state index in [1.54, 1.807) is 4.90 Å². The predicted octanol–water partition coefficient (Wildman–Crippen LogP) is 4.43. The number of rotatable bonds is 9. The van der Waals surface area contributed by atoms with Crippen molar-refractivity contribution in [1.29, 1.82) is 0 Å². The average molecular weight is 332 g/mol. The Morgan fingerprint density at radius 1 is 0.958 bits per heavy atom. The largest absolute Gasteiger partial charge is 0.282 e. The lowest BCUT2D eigenvalue weighted by Crippen LogP contribution is -2.37. The van der Waals surface area contributed by atoms with Gasteiger partial charge in [-0.3, -0.25) is 14.5 Å². The van der Waals surface area contributed by atoms with Gasteiger partial charge in [0.1, 0.15) is 0 Å². The fourth-order valence-corrected chi connectivity index (χ4v) is 4.97. The Labute approximate surface area is 146 Å². The van der Waals surface area contributed by atoms with E-state index in [1.807, 2.05) is 0 Å². The average Bonchev–Trinajstić information content (AvgIpc) is 3.24. The van der Waals surface area contributed by atoms with Gasteiger partial charge in [-0.1, -0.05) is 71.4 Å². The van der Waals surface area contributed by atoms with Gasteiger partial charge in [0.05, 0.1) is 11.8 Å². The topological polar surface area (TPSA) is 37.4 Å². The maximum Gasteiger partial charge on any atom is 0.233 e. The molecule has 1 aliphatic heterocycles. The number of hydrogen-bond donors (Lipinski definition) is 0. The molecule has 134 valence electrons. The van der Waals surface area contributed by atoms with Gasteiger partial charge in [-0.25, -0.2) is 0 Å². The first-order valence-corrected chi connectivity index (χ1v) is 10.1. The Hall–Kier alpha value is -1.12. The summed E-state index contributed by atoms with van der Waals surface area (Å²) in [7, 11) is 0. The molecule has 1 saturated heterocycles. The van der Waals surface area contributed by atoms with E-state index in [1.165, 1.54) is 38.5 Å². The van der Waals surface area contributed by atoms with Gasteiger partial charge in [0.15, 0.2) is 0 Å². The van der Waals surface area contributed by atoms with Crippen molar-refractivity contribution in [3.05, 3.63) is 12.2 Å². The van der Waals surface area contributed by atoms with Gasteiger partial charge >= 0.3 is 0 Å². The van der Waals surface area contributed by atoms with E-state index < -0.39 is 0 Å². The highest BCUT2D eigenvalue weighted by atomic mass is 16.2. The molecular formula is C21H33NO2. The van der Waals surface area contributed by atoms with Crippen molar-refractivity contribution in [3.8, 4) is 0 Å². The molecule has 2 aliphatic carbocycles. The summed E-state index contributed by atoms with van der Waals surface area (Å²) >= 11 is 0. The van der Waals surface area contributed by atoms with Gasteiger partial charge in [-0.2, -0.15) is 0 Å². The van der Waals surface area contributed by atoms with Gasteiger partial charge in [0.25, 0.3) is 0 Å². The van der Waals surface area contributed by atoms with Crippen LogP contribution in [0, 0.1) is 35.5 Å². The minimum atomic E-state index is -0.0379. The van der Waals surface area contributed by atoms with Gasteiger partial charge in [-0.05, 0) is 30.1 Å². The second-order valence-corrected chi connectivity index (χ2v) is 8.44. The molecule has 0 spiro atoms. The van der Waals surface area contributed by atoms with E-state index in [-0.39, 0.29) is 23.7 Å². The smallest absolute Gasteiger partial charge is 0.233 e. The van der Waals surface area contributed by atoms with Gasteiger partial charge in [0.2, 0.25) is 11.8 Å². The lowest BCUT2D eigenvalue weighted by atomic mass is 9.85. The first-order chi connectivity index (χ1) is 11.5. The molecular weight excluding hydrogens is 298 g/mol. The first-order valence-electron chi connectivity index (χ1n) is 10.1. The Kier molecular flexibility index (Phi) is 5.46. The van der Waals surface area contributed by atoms with Gasteiger partial charge < -0.3 is 0 Å². The van der Waals surface area contributed by atoms with Crippen molar-refractivity contribution in [2.75, 3.05) is 6.54 Å². The Morgan fingerprint density at radius 2 is 1.54 bits per heavy atom. The molecule has 3 rings (SSSR count). The zero-order valence-electron chi connectivity index (χ0n) is 15.5. The molecule has 3 heteroatoms. The summed E-state index contributed by atoms with van der Waals surface area (Å²) in [6.45, 7) is 7.35. The quantitative estimate of drug-likeness (QED) is 0.356. The summed E-state index contributed by atoms with van der Waals surface area (Å²) in [5.74, 6) is 1.78. The third kappa shape index (κ3) is 3.19. The van der Waals surface area contributed by atoms with Crippen molar-refractivity contribution < 1.29 is 9.59 Å². The maximum atomic E-state index is 12.7. The highest BCUT2D eigenvalue weighted by Crippen LogP contribution is 2.52. The van der Waals surface area contributed by atoms with Crippen LogP contribution in [0.5, 0.6) is 0 Å². The van der Waals surface area contributed by atoms with E-state index in [2.05, 4.69) is 32.9 Å². The summed E-state index contributed by atoms with van der Waals surface area (Å²) in [5.41, 5.74) is 0. The number of amides is 2. The standard InChI is InChI=1S/C21H33NO2/c1-4-5-6-7-8-9-14(2)15(3)13-22-20(23)18-16-10-11-17(12-16)19(18)21(22)24/h10-11,14-19H,4-9,12-13H2,1-3H3. The number of nitrogens with zero attached hydrogens (tertiary/aromatic N) is 1. The fraction of sp³-hybridized carbons (Fsp3) is 0.810. The summed E-state index contributed by atoms with van der Waals surface area (Å²) in [6, 6.07) is 0. The molecule has 3 nitrogen and oxygen atoms in total. The molecule has 1 heterocycles. The molecule has 0 aromatic rings. The van der Waals surface area contributed by atoms with E-state index in [0.717, 1.165) is 6.42 Å². The van der Waals surface area contributed by atoms with Crippen LogP contribution in [0.1, 0.15) is 65.7 Å². The highest BCUT2D eigenvalue weighted by molar-refractivity contribution is 6.06. The molecule has 2 amide bonds. The molecule has 0 aromatic heterocycles. The van der Waals surface area contributed by atoms with E-state index >= 15 is 0 Å². The summed E-state index contributed by atoms with van der Waals surface area (Å²) in [6.07, 6.45) is 13.1. The fourth-order valence-electron chi connectivity index (χ4n) is 4.97. The Bertz CT molecular complexity index is 482. The van der Waals surface area contributed by atoms with Crippen LogP contribution >= 0.6 is 0 Å². The third-order valence-corrected chi connectivity index (χ3v) is 6.77. The molecule has 3 aliphatic rings. The Balaban J connectivity index is 1.49. The molecule has 6 atom stereocenters. The van der Waals surface area contributed by atoms with Crippen LogP contribution in [-0.4, -0.2) is 23.3 Å². The minimum absolute atomic E-state index is 0.0379. The number of imide groups is 1. The van der Waals surface area contributed by atoms with Gasteiger partial charge in [-0.15, -0.1) is 0 Å². The SMILES string of the molecule is CCCCCCCC(C)C(C)CN1C(=O)C2C3C=CC(C3)C2C1=O. The van der Waals surface area contributed by atoms with Crippen molar-refractivity contribution in [3.63, 3.8) is 0 Å². The molecule has 0 aromatic carbocycles. The summed E-state index contributed by atoms with van der Waals surface area (Å²) in [4.78, 5) is 27.1. The molecule has 0 N–H and O–H groups in total. The number of unbranched alkanes of at least 4 members (excludes halogenated alkanes) is 4. The molecule has 2 bridgehead atoms. The molecule has 0 radical (unpaired) electrons. The number of likely N-dealkylation sites (tertiary alicyclic amines) is 1. The number of allylic oxidation sites excluding steroid dienone is 2. The van der Waals surface area contributed by atoms with Crippen molar-refractivity contribution in [1.82, 2.24) is 4.90 Å². The highest BCUT2D eigenvalue weighted by Gasteiger charge is 2.59. The minimum Gasteiger partial charge on any atom is -0.282 e. The molecule has 6 unspecified atom stereocenters. The second kappa shape index (κ2) is 7.41. The normalized spacial score (nSPS) is 33.4. The zero-order chi connectivity index (χ0) is 17.3. The van der Waals surface area contributed by atoms with Crippen LogP contribution < -0.4 is 0 Å². The predicted molar refractivity (Wildman–Crippen MR) is 96.1 cm³/mol. The van der Waals surface area contributed by atoms with E-state index in [9.17, 15) is 9.59 Å². The van der Waals surface area contributed by atoms with Crippen LogP contribution in [-0.2, 0) is 9.59 Å². The van der Waals surface area contributed by atoms with Crippen LogP contribution in [0.4, 0.5) is 0 Å². The lowest BCUT2D eigenvalue weighted by Gasteiger charge is -2.25. The third-order valence-electron chi connectivity index (χ3n) is 6.77. The van der Waals surface area contributed by atoms with E-state index in [0.29, 0.717) is 30.2 Å². The maximum absolute atomic E-state index is 12.7. The Morgan fingerprint density at radius 3 is 2.12 bits per heavy atom. The van der Waals surface area contributed by atoms with Crippen molar-refractivity contribution in [2.45, 2.75) is 65.7 Å². The number of fused-ring (bicyclic) bond motifs is 5. The number of carbonyl (C=O) groups excluding carboxylic acids is 2. The zero-order valence-corrected chi connectivity index (χ0v) is 15.5. The monoisotopic (exact) mass is 331 g/mol. The van der Waals surface area contributed by atoms with Crippen LogP contribution in [0.3, 0.4) is 0 Å². The summed E-state index contributed by atoms with van der Waals surface area (Å²) in [5, 5.41) is 0. The van der Waals surface area contributed by atoms with E-state index in [4.69, 9.17) is 0 Å². The second-order valence-electron chi connectivity index (χ2n) is 8.44. The van der Waals surface area contributed by atoms with Gasteiger partial charge in [0, 0.05) is 6.54 Å². The molecule has 1 saturated carbocycles.